The fourth-order valence-electron chi connectivity index (χ4n) is 1.76. The molecular weight excluding hydrogens is 188 g/mol. The topological polar surface area (TPSA) is 24.5 Å². The Morgan fingerprint density at radius 1 is 1.40 bits per heavy atom. The van der Waals surface area contributed by atoms with Gasteiger partial charge in [-0.05, 0) is 25.1 Å². The standard InChI is InChI=1S/C12H24N2O/c1-3-14(4-2)8-7-13-10-12-6-5-9-15-11-12/h6,13H,3-5,7-11H2,1-2H3. The van der Waals surface area contributed by atoms with Gasteiger partial charge in [0.05, 0.1) is 13.2 Å². The molecular formula is C12H24N2O. The summed E-state index contributed by atoms with van der Waals surface area (Å²) in [6, 6.07) is 0. The lowest BCUT2D eigenvalue weighted by Gasteiger charge is -2.19. The average Bonchev–Trinajstić information content (AvgIpc) is 2.31. The molecule has 1 rings (SSSR count). The van der Waals surface area contributed by atoms with Gasteiger partial charge in [0.25, 0.3) is 0 Å². The van der Waals surface area contributed by atoms with E-state index in [2.05, 4.69) is 30.1 Å². The summed E-state index contributed by atoms with van der Waals surface area (Å²) in [6.07, 6.45) is 3.38. The Labute approximate surface area is 93.5 Å². The van der Waals surface area contributed by atoms with E-state index in [1.165, 1.54) is 5.57 Å². The van der Waals surface area contributed by atoms with Gasteiger partial charge in [0.15, 0.2) is 0 Å². The Bertz CT molecular complexity index is 188. The zero-order valence-electron chi connectivity index (χ0n) is 10.1. The molecule has 0 saturated heterocycles. The van der Waals surface area contributed by atoms with Crippen molar-refractivity contribution in [3.8, 4) is 0 Å². The van der Waals surface area contributed by atoms with Crippen LogP contribution in [0.4, 0.5) is 0 Å². The molecule has 0 aromatic heterocycles. The average molecular weight is 212 g/mol. The van der Waals surface area contributed by atoms with E-state index in [-0.39, 0.29) is 0 Å². The molecule has 0 spiro atoms. The van der Waals surface area contributed by atoms with Crippen LogP contribution >= 0.6 is 0 Å². The van der Waals surface area contributed by atoms with E-state index in [1.54, 1.807) is 0 Å². The molecule has 1 N–H and O–H groups in total. The van der Waals surface area contributed by atoms with Gasteiger partial charge in [-0.3, -0.25) is 0 Å². The number of ether oxygens (including phenoxy) is 1. The summed E-state index contributed by atoms with van der Waals surface area (Å²) in [6.45, 7) is 11.6. The maximum absolute atomic E-state index is 5.38. The van der Waals surface area contributed by atoms with Crippen molar-refractivity contribution in [1.29, 1.82) is 0 Å². The van der Waals surface area contributed by atoms with Crippen molar-refractivity contribution in [2.24, 2.45) is 0 Å². The second-order valence-corrected chi connectivity index (χ2v) is 3.91. The zero-order valence-corrected chi connectivity index (χ0v) is 10.1. The van der Waals surface area contributed by atoms with Gasteiger partial charge < -0.3 is 15.0 Å². The van der Waals surface area contributed by atoms with Crippen molar-refractivity contribution in [2.75, 3.05) is 45.9 Å². The summed E-state index contributed by atoms with van der Waals surface area (Å²) in [7, 11) is 0. The number of nitrogens with zero attached hydrogens (tertiary/aromatic N) is 1. The third-order valence-electron chi connectivity index (χ3n) is 2.83. The van der Waals surface area contributed by atoms with Crippen LogP contribution in [0.25, 0.3) is 0 Å². The van der Waals surface area contributed by atoms with Gasteiger partial charge in [-0.1, -0.05) is 19.9 Å². The second kappa shape index (κ2) is 7.85. The van der Waals surface area contributed by atoms with Crippen molar-refractivity contribution in [2.45, 2.75) is 20.3 Å². The van der Waals surface area contributed by atoms with Crippen molar-refractivity contribution < 1.29 is 4.74 Å². The highest BCUT2D eigenvalue weighted by Crippen LogP contribution is 2.03. The van der Waals surface area contributed by atoms with Gasteiger partial charge in [0.2, 0.25) is 0 Å². The predicted octanol–water partition coefficient (Wildman–Crippen LogP) is 1.26. The minimum Gasteiger partial charge on any atom is -0.377 e. The maximum Gasteiger partial charge on any atom is 0.0689 e. The first kappa shape index (κ1) is 12.7. The lowest BCUT2D eigenvalue weighted by molar-refractivity contribution is 0.148. The first-order valence-corrected chi connectivity index (χ1v) is 6.05. The van der Waals surface area contributed by atoms with Crippen molar-refractivity contribution in [3.05, 3.63) is 11.6 Å². The zero-order chi connectivity index (χ0) is 10.9. The van der Waals surface area contributed by atoms with Crippen molar-refractivity contribution in [1.82, 2.24) is 10.2 Å². The highest BCUT2D eigenvalue weighted by Gasteiger charge is 2.03. The van der Waals surface area contributed by atoms with Crippen LogP contribution in [0.1, 0.15) is 20.3 Å². The Morgan fingerprint density at radius 3 is 2.80 bits per heavy atom. The normalized spacial score (nSPS) is 16.9. The van der Waals surface area contributed by atoms with E-state index in [4.69, 9.17) is 4.74 Å². The SMILES string of the molecule is CCN(CC)CCNCC1=CCCOC1. The molecule has 0 aliphatic carbocycles. The van der Waals surface area contributed by atoms with Gasteiger partial charge in [0, 0.05) is 19.6 Å². The molecule has 1 heterocycles. The number of likely N-dealkylation sites (N-methyl/N-ethyl adjacent to an activating group) is 1. The van der Waals surface area contributed by atoms with Crippen LogP contribution in [0.15, 0.2) is 11.6 Å². The molecule has 3 nitrogen and oxygen atoms in total. The number of hydrogen-bond donors (Lipinski definition) is 1. The summed E-state index contributed by atoms with van der Waals surface area (Å²) in [4.78, 5) is 2.43. The molecule has 0 amide bonds. The third kappa shape index (κ3) is 5.30. The van der Waals surface area contributed by atoms with E-state index in [0.717, 1.165) is 52.4 Å². The van der Waals surface area contributed by atoms with Crippen LogP contribution in [0.5, 0.6) is 0 Å². The molecule has 0 aromatic rings. The Kier molecular flexibility index (Phi) is 6.64. The molecule has 3 heteroatoms. The lowest BCUT2D eigenvalue weighted by Crippen LogP contribution is -2.33. The van der Waals surface area contributed by atoms with Crippen LogP contribution in [0.2, 0.25) is 0 Å². The Morgan fingerprint density at radius 2 is 2.20 bits per heavy atom. The van der Waals surface area contributed by atoms with Gasteiger partial charge in [0.1, 0.15) is 0 Å². The van der Waals surface area contributed by atoms with Crippen LogP contribution in [-0.2, 0) is 4.74 Å². The molecule has 88 valence electrons. The molecule has 0 saturated carbocycles. The van der Waals surface area contributed by atoms with Crippen molar-refractivity contribution >= 4 is 0 Å². The Balaban J connectivity index is 2.03. The minimum atomic E-state index is 0.818. The van der Waals surface area contributed by atoms with Gasteiger partial charge in [-0.15, -0.1) is 0 Å². The monoisotopic (exact) mass is 212 g/mol. The largest absolute Gasteiger partial charge is 0.377 e. The van der Waals surface area contributed by atoms with E-state index in [1.807, 2.05) is 0 Å². The summed E-state index contributed by atoms with van der Waals surface area (Å²) >= 11 is 0. The molecule has 0 aromatic carbocycles. The molecule has 0 radical (unpaired) electrons. The van der Waals surface area contributed by atoms with E-state index in [0.29, 0.717) is 0 Å². The molecule has 1 aliphatic rings. The van der Waals surface area contributed by atoms with Crippen molar-refractivity contribution in [3.63, 3.8) is 0 Å². The molecule has 0 bridgehead atoms. The minimum absolute atomic E-state index is 0.818. The summed E-state index contributed by atoms with van der Waals surface area (Å²) < 4.78 is 5.38. The van der Waals surface area contributed by atoms with Gasteiger partial charge in [-0.25, -0.2) is 0 Å². The highest BCUT2D eigenvalue weighted by atomic mass is 16.5. The second-order valence-electron chi connectivity index (χ2n) is 3.91. The lowest BCUT2D eigenvalue weighted by atomic mass is 10.2. The van der Waals surface area contributed by atoms with E-state index < -0.39 is 0 Å². The van der Waals surface area contributed by atoms with Crippen LogP contribution < -0.4 is 5.32 Å². The maximum atomic E-state index is 5.38. The quantitative estimate of drug-likeness (QED) is 0.508. The van der Waals surface area contributed by atoms with E-state index >= 15 is 0 Å². The van der Waals surface area contributed by atoms with Gasteiger partial charge >= 0.3 is 0 Å². The predicted molar refractivity (Wildman–Crippen MR) is 64.2 cm³/mol. The number of nitrogens with one attached hydrogen (secondary N) is 1. The van der Waals surface area contributed by atoms with Crippen LogP contribution in [0, 0.1) is 0 Å². The molecule has 0 unspecified atom stereocenters. The highest BCUT2D eigenvalue weighted by molar-refractivity contribution is 5.06. The van der Waals surface area contributed by atoms with Gasteiger partial charge in [-0.2, -0.15) is 0 Å². The fourth-order valence-corrected chi connectivity index (χ4v) is 1.76. The van der Waals surface area contributed by atoms with E-state index in [9.17, 15) is 0 Å². The van der Waals surface area contributed by atoms with Crippen LogP contribution in [0.3, 0.4) is 0 Å². The molecule has 0 fully saturated rings. The Hall–Kier alpha value is -0.380. The summed E-state index contributed by atoms with van der Waals surface area (Å²) in [5.41, 5.74) is 1.40. The molecule has 0 atom stereocenters. The molecule has 15 heavy (non-hydrogen) atoms. The summed E-state index contributed by atoms with van der Waals surface area (Å²) in [5, 5.41) is 3.46. The smallest absolute Gasteiger partial charge is 0.0689 e. The number of rotatable bonds is 7. The molecule has 1 aliphatic heterocycles. The summed E-state index contributed by atoms with van der Waals surface area (Å²) in [5.74, 6) is 0. The first-order valence-electron chi connectivity index (χ1n) is 6.05. The number of hydrogen-bond acceptors (Lipinski definition) is 3. The first-order chi connectivity index (χ1) is 7.36. The fraction of sp³-hybridized carbons (Fsp3) is 0.833. The third-order valence-corrected chi connectivity index (χ3v) is 2.83. The van der Waals surface area contributed by atoms with Crippen LogP contribution in [-0.4, -0.2) is 50.8 Å².